The third kappa shape index (κ3) is 3.96. The normalized spacial score (nSPS) is 13.3. The molecule has 0 saturated carbocycles. The van der Waals surface area contributed by atoms with Gasteiger partial charge in [-0.25, -0.2) is 15.0 Å². The predicted molar refractivity (Wildman–Crippen MR) is 100.0 cm³/mol. The van der Waals surface area contributed by atoms with Crippen LogP contribution in [0.25, 0.3) is 0 Å². The number of anilines is 3. The second-order valence-corrected chi connectivity index (χ2v) is 6.47. The number of halogens is 3. The van der Waals surface area contributed by atoms with E-state index >= 15 is 0 Å². The third-order valence-electron chi connectivity index (χ3n) is 4.44. The Labute approximate surface area is 163 Å². The van der Waals surface area contributed by atoms with Gasteiger partial charge < -0.3 is 16.0 Å². The summed E-state index contributed by atoms with van der Waals surface area (Å²) in [7, 11) is 0. The lowest BCUT2D eigenvalue weighted by atomic mass is 10.2. The van der Waals surface area contributed by atoms with Crippen LogP contribution >= 0.6 is 0 Å². The van der Waals surface area contributed by atoms with Crippen LogP contribution in [-0.2, 0) is 19.3 Å². The van der Waals surface area contributed by atoms with Crippen molar-refractivity contribution in [3.8, 4) is 0 Å². The Morgan fingerprint density at radius 3 is 2.55 bits per heavy atom. The first-order valence-corrected chi connectivity index (χ1v) is 8.60. The Morgan fingerprint density at radius 1 is 1.07 bits per heavy atom. The highest BCUT2D eigenvalue weighted by molar-refractivity contribution is 6.03. The number of hydrogen-bond acceptors (Lipinski definition) is 6. The second kappa shape index (κ2) is 7.04. The van der Waals surface area contributed by atoms with Crippen LogP contribution in [-0.4, -0.2) is 20.9 Å². The molecular formula is C19H15F3N6O. The first-order valence-electron chi connectivity index (χ1n) is 8.60. The van der Waals surface area contributed by atoms with E-state index in [1.807, 2.05) is 4.90 Å². The minimum absolute atomic E-state index is 0.143. The van der Waals surface area contributed by atoms with Gasteiger partial charge in [-0.05, 0) is 36.4 Å². The van der Waals surface area contributed by atoms with Crippen LogP contribution in [0.1, 0.15) is 27.3 Å². The average Bonchev–Trinajstić information content (AvgIpc) is 3.11. The van der Waals surface area contributed by atoms with Gasteiger partial charge in [0.2, 0.25) is 5.95 Å². The first-order chi connectivity index (χ1) is 13.8. The molecule has 0 radical (unpaired) electrons. The molecular weight excluding hydrogens is 385 g/mol. The minimum atomic E-state index is -4.43. The van der Waals surface area contributed by atoms with Gasteiger partial charge in [0.05, 0.1) is 17.8 Å². The number of amides is 1. The van der Waals surface area contributed by atoms with Gasteiger partial charge in [0.25, 0.3) is 5.91 Å². The Balaban J connectivity index is 1.48. The molecule has 1 aromatic carbocycles. The van der Waals surface area contributed by atoms with Crippen molar-refractivity contribution in [2.75, 3.05) is 16.0 Å². The summed E-state index contributed by atoms with van der Waals surface area (Å²) >= 11 is 0. The highest BCUT2D eigenvalue weighted by Crippen LogP contribution is 2.30. The van der Waals surface area contributed by atoms with E-state index in [0.29, 0.717) is 18.9 Å². The van der Waals surface area contributed by atoms with Gasteiger partial charge in [-0.2, -0.15) is 13.2 Å². The molecule has 1 aliphatic heterocycles. The van der Waals surface area contributed by atoms with Crippen molar-refractivity contribution in [1.29, 1.82) is 0 Å². The van der Waals surface area contributed by atoms with Gasteiger partial charge in [-0.3, -0.25) is 4.79 Å². The molecule has 4 rings (SSSR count). The lowest BCUT2D eigenvalue weighted by Crippen LogP contribution is -2.19. The fraction of sp³-hybridized carbons (Fsp3) is 0.158. The molecule has 0 spiro atoms. The summed E-state index contributed by atoms with van der Waals surface area (Å²) in [4.78, 5) is 26.9. The van der Waals surface area contributed by atoms with Gasteiger partial charge in [0, 0.05) is 24.0 Å². The number of benzene rings is 1. The molecule has 0 unspecified atom stereocenters. The molecule has 3 aromatic rings. The number of alkyl halides is 3. The van der Waals surface area contributed by atoms with E-state index in [4.69, 9.17) is 5.73 Å². The van der Waals surface area contributed by atoms with Crippen molar-refractivity contribution in [2.45, 2.75) is 19.3 Å². The van der Waals surface area contributed by atoms with Crippen LogP contribution in [0.2, 0.25) is 0 Å². The molecule has 0 bridgehead atoms. The summed E-state index contributed by atoms with van der Waals surface area (Å²) < 4.78 is 37.9. The number of carbonyl (C=O) groups excluding carboxylic acids is 1. The maximum Gasteiger partial charge on any atom is 0.416 e. The van der Waals surface area contributed by atoms with Crippen LogP contribution in [0.3, 0.4) is 0 Å². The molecule has 0 atom stereocenters. The number of rotatable bonds is 3. The fourth-order valence-electron chi connectivity index (χ4n) is 2.99. The molecule has 7 nitrogen and oxygen atoms in total. The van der Waals surface area contributed by atoms with Gasteiger partial charge in [-0.15, -0.1) is 0 Å². The Bertz CT molecular complexity index is 1070. The molecule has 1 amide bonds. The number of nitrogens with two attached hydrogens (primary N) is 1. The standard InChI is InChI=1S/C19H15F3N6O/c20-19(21,22)12-4-6-13(7-5-12)25-17(29)14-2-1-3-16(26-14)28-9-11-8-24-18(23)27-15(11)10-28/h1-8H,9-10H2,(H,25,29)(H2,23,24,27). The molecule has 0 saturated heterocycles. The molecule has 148 valence electrons. The van der Waals surface area contributed by atoms with E-state index in [-0.39, 0.29) is 17.3 Å². The van der Waals surface area contributed by atoms with Crippen molar-refractivity contribution in [1.82, 2.24) is 15.0 Å². The van der Waals surface area contributed by atoms with Gasteiger partial charge in [0.15, 0.2) is 0 Å². The third-order valence-corrected chi connectivity index (χ3v) is 4.44. The number of fused-ring (bicyclic) bond motifs is 1. The molecule has 2 aromatic heterocycles. The summed E-state index contributed by atoms with van der Waals surface area (Å²) in [5, 5.41) is 2.55. The average molecular weight is 400 g/mol. The Kier molecular flexibility index (Phi) is 4.53. The number of nitrogen functional groups attached to an aromatic ring is 1. The van der Waals surface area contributed by atoms with E-state index < -0.39 is 17.6 Å². The maximum atomic E-state index is 12.6. The van der Waals surface area contributed by atoms with Gasteiger partial charge >= 0.3 is 6.18 Å². The summed E-state index contributed by atoms with van der Waals surface area (Å²) in [5.41, 5.74) is 6.95. The van der Waals surface area contributed by atoms with Crippen LogP contribution in [0.15, 0.2) is 48.7 Å². The fourth-order valence-corrected chi connectivity index (χ4v) is 2.99. The summed E-state index contributed by atoms with van der Waals surface area (Å²) in [5.74, 6) is 0.247. The zero-order chi connectivity index (χ0) is 20.6. The summed E-state index contributed by atoms with van der Waals surface area (Å²) in [6.07, 6.45) is -2.76. The highest BCUT2D eigenvalue weighted by Gasteiger charge is 2.30. The Hall–Kier alpha value is -3.69. The van der Waals surface area contributed by atoms with E-state index in [2.05, 4.69) is 20.3 Å². The molecule has 10 heteroatoms. The largest absolute Gasteiger partial charge is 0.416 e. The number of pyridine rings is 1. The van der Waals surface area contributed by atoms with Gasteiger partial charge in [-0.1, -0.05) is 6.07 Å². The lowest BCUT2D eigenvalue weighted by molar-refractivity contribution is -0.137. The SMILES string of the molecule is Nc1ncc2c(n1)CN(c1cccc(C(=O)Nc3ccc(C(F)(F)F)cc3)n1)C2. The first kappa shape index (κ1) is 18.7. The molecule has 1 aliphatic rings. The molecule has 3 heterocycles. The van der Waals surface area contributed by atoms with Crippen molar-refractivity contribution in [3.63, 3.8) is 0 Å². The van der Waals surface area contributed by atoms with E-state index in [9.17, 15) is 18.0 Å². The number of nitrogens with one attached hydrogen (secondary N) is 1. The zero-order valence-electron chi connectivity index (χ0n) is 14.9. The van der Waals surface area contributed by atoms with Gasteiger partial charge in [0.1, 0.15) is 11.5 Å². The molecule has 29 heavy (non-hydrogen) atoms. The van der Waals surface area contributed by atoms with Crippen molar-refractivity contribution < 1.29 is 18.0 Å². The van der Waals surface area contributed by atoms with Crippen LogP contribution in [0.5, 0.6) is 0 Å². The summed E-state index contributed by atoms with van der Waals surface area (Å²) in [6.45, 7) is 1.02. The van der Waals surface area contributed by atoms with Crippen molar-refractivity contribution >= 4 is 23.4 Å². The van der Waals surface area contributed by atoms with Crippen molar-refractivity contribution in [3.05, 3.63) is 71.2 Å². The topological polar surface area (TPSA) is 97.0 Å². The van der Waals surface area contributed by atoms with Crippen LogP contribution < -0.4 is 16.0 Å². The smallest absolute Gasteiger partial charge is 0.368 e. The molecule has 0 aliphatic carbocycles. The van der Waals surface area contributed by atoms with E-state index in [0.717, 1.165) is 23.4 Å². The second-order valence-electron chi connectivity index (χ2n) is 6.47. The lowest BCUT2D eigenvalue weighted by Gasteiger charge is -2.16. The van der Waals surface area contributed by atoms with Crippen molar-refractivity contribution in [2.24, 2.45) is 0 Å². The minimum Gasteiger partial charge on any atom is -0.368 e. The number of hydrogen-bond donors (Lipinski definition) is 2. The molecule has 3 N–H and O–H groups in total. The van der Waals surface area contributed by atoms with E-state index in [1.54, 1.807) is 18.3 Å². The summed E-state index contributed by atoms with van der Waals surface area (Å²) in [6, 6.07) is 9.20. The Morgan fingerprint density at radius 2 is 1.83 bits per heavy atom. The monoisotopic (exact) mass is 400 g/mol. The zero-order valence-corrected chi connectivity index (χ0v) is 14.9. The van der Waals surface area contributed by atoms with E-state index in [1.165, 1.54) is 18.2 Å². The van der Waals surface area contributed by atoms with Crippen LogP contribution in [0.4, 0.5) is 30.6 Å². The number of nitrogens with zero attached hydrogens (tertiary/aromatic N) is 4. The number of aromatic nitrogens is 3. The quantitative estimate of drug-likeness (QED) is 0.701. The predicted octanol–water partition coefficient (Wildman–Crippen LogP) is 3.25. The maximum absolute atomic E-state index is 12.6. The number of carbonyl (C=O) groups is 1. The van der Waals surface area contributed by atoms with Crippen LogP contribution in [0, 0.1) is 0 Å². The highest BCUT2D eigenvalue weighted by atomic mass is 19.4. The molecule has 0 fully saturated rings.